The molecule has 1 fully saturated rings. The molecule has 0 aliphatic carbocycles. The molecule has 1 saturated heterocycles. The molecule has 0 saturated carbocycles. The minimum atomic E-state index is -0.618. The van der Waals surface area contributed by atoms with Gasteiger partial charge in [0.25, 0.3) is 0 Å². The molecular formula is C19H25NO6. The van der Waals surface area contributed by atoms with Gasteiger partial charge in [-0.05, 0) is 57.2 Å². The Morgan fingerprint density at radius 1 is 1.23 bits per heavy atom. The average molecular weight is 363 g/mol. The number of carbonyl (C=O) groups is 2. The number of amides is 1. The average Bonchev–Trinajstić information content (AvgIpc) is 3.18. The van der Waals surface area contributed by atoms with Crippen LogP contribution < -0.4 is 9.47 Å². The monoisotopic (exact) mass is 363 g/mol. The Bertz CT molecular complexity index is 696. The molecule has 0 radical (unpaired) electrons. The first-order chi connectivity index (χ1) is 12.3. The molecule has 0 bridgehead atoms. The molecule has 7 nitrogen and oxygen atoms in total. The van der Waals surface area contributed by atoms with Gasteiger partial charge in [-0.15, -0.1) is 0 Å². The van der Waals surface area contributed by atoms with E-state index in [2.05, 4.69) is 0 Å². The fraction of sp³-hybridized carbons (Fsp3) is 0.579. The normalized spacial score (nSPS) is 21.6. The van der Waals surface area contributed by atoms with Crippen LogP contribution in [0.15, 0.2) is 18.2 Å². The minimum absolute atomic E-state index is 0.131. The van der Waals surface area contributed by atoms with Gasteiger partial charge in [0.2, 0.25) is 6.79 Å². The van der Waals surface area contributed by atoms with E-state index < -0.39 is 23.7 Å². The highest BCUT2D eigenvalue weighted by Gasteiger charge is 2.42. The number of nitrogens with zero attached hydrogens (tertiary/aromatic N) is 1. The molecule has 2 heterocycles. The van der Waals surface area contributed by atoms with Gasteiger partial charge in [-0.25, -0.2) is 9.59 Å². The molecule has 2 atom stereocenters. The molecule has 1 amide bonds. The number of hydrogen-bond donors (Lipinski definition) is 0. The Kier molecular flexibility index (Phi) is 4.98. The first kappa shape index (κ1) is 18.4. The summed E-state index contributed by atoms with van der Waals surface area (Å²) in [6.45, 7) is 6.09. The van der Waals surface area contributed by atoms with Crippen LogP contribution in [0.4, 0.5) is 4.79 Å². The second-order valence-corrected chi connectivity index (χ2v) is 7.67. The second-order valence-electron chi connectivity index (χ2n) is 7.67. The fourth-order valence-corrected chi connectivity index (χ4v) is 3.35. The first-order valence-electron chi connectivity index (χ1n) is 8.73. The Morgan fingerprint density at radius 3 is 2.65 bits per heavy atom. The summed E-state index contributed by atoms with van der Waals surface area (Å²) in [5, 5.41) is 0. The summed E-state index contributed by atoms with van der Waals surface area (Å²) in [7, 11) is 1.33. The van der Waals surface area contributed by atoms with Gasteiger partial charge in [0.05, 0.1) is 7.11 Å². The lowest BCUT2D eigenvalue weighted by molar-refractivity contribution is -0.145. The van der Waals surface area contributed by atoms with Crippen LogP contribution in [0.3, 0.4) is 0 Å². The zero-order valence-electron chi connectivity index (χ0n) is 15.6. The lowest BCUT2D eigenvalue weighted by Gasteiger charge is -2.27. The van der Waals surface area contributed by atoms with E-state index >= 15 is 0 Å². The van der Waals surface area contributed by atoms with Crippen LogP contribution in [0.2, 0.25) is 0 Å². The van der Waals surface area contributed by atoms with Crippen LogP contribution in [0.5, 0.6) is 11.5 Å². The number of rotatable bonds is 3. The van der Waals surface area contributed by atoms with Crippen molar-refractivity contribution in [2.45, 2.75) is 45.3 Å². The van der Waals surface area contributed by atoms with Crippen molar-refractivity contribution in [2.75, 3.05) is 20.4 Å². The highest BCUT2D eigenvalue weighted by Crippen LogP contribution is 2.35. The number of methoxy groups -OCH3 is 1. The Morgan fingerprint density at radius 2 is 1.96 bits per heavy atom. The number of fused-ring (bicyclic) bond motifs is 1. The van der Waals surface area contributed by atoms with Crippen molar-refractivity contribution >= 4 is 12.1 Å². The van der Waals surface area contributed by atoms with Crippen LogP contribution in [0, 0.1) is 5.92 Å². The summed E-state index contributed by atoms with van der Waals surface area (Å²) >= 11 is 0. The Balaban J connectivity index is 1.71. The van der Waals surface area contributed by atoms with E-state index in [4.69, 9.17) is 18.9 Å². The van der Waals surface area contributed by atoms with E-state index in [1.165, 1.54) is 12.0 Å². The van der Waals surface area contributed by atoms with Crippen molar-refractivity contribution in [3.8, 4) is 11.5 Å². The molecule has 0 spiro atoms. The second kappa shape index (κ2) is 7.05. The van der Waals surface area contributed by atoms with Crippen molar-refractivity contribution in [1.29, 1.82) is 0 Å². The molecule has 0 aromatic heterocycles. The third-order valence-corrected chi connectivity index (χ3v) is 4.45. The predicted octanol–water partition coefficient (Wildman–Crippen LogP) is 2.76. The third-order valence-electron chi connectivity index (χ3n) is 4.45. The standard InChI is InChI=1S/C19H25NO6/c1-19(2,3)26-18(22)20-10-13(8-14(20)17(21)23-4)7-12-5-6-15-16(9-12)25-11-24-15/h5-6,9,13-14H,7-8,10-11H2,1-4H3/t13-,14+/m1/s1. The highest BCUT2D eigenvalue weighted by atomic mass is 16.7. The van der Waals surface area contributed by atoms with Crippen molar-refractivity contribution in [2.24, 2.45) is 5.92 Å². The number of ether oxygens (including phenoxy) is 4. The van der Waals surface area contributed by atoms with E-state index in [0.29, 0.717) is 13.0 Å². The Labute approximate surface area is 153 Å². The molecule has 1 aromatic rings. The van der Waals surface area contributed by atoms with Gasteiger partial charge in [0, 0.05) is 6.54 Å². The first-order valence-corrected chi connectivity index (χ1v) is 8.73. The molecule has 1 aromatic carbocycles. The number of likely N-dealkylation sites (tertiary alicyclic amines) is 1. The fourth-order valence-electron chi connectivity index (χ4n) is 3.35. The summed E-state index contributed by atoms with van der Waals surface area (Å²) < 4.78 is 21.1. The van der Waals surface area contributed by atoms with E-state index in [9.17, 15) is 9.59 Å². The maximum Gasteiger partial charge on any atom is 0.411 e. The summed E-state index contributed by atoms with van der Waals surface area (Å²) in [5.74, 6) is 1.19. The summed E-state index contributed by atoms with van der Waals surface area (Å²) in [6.07, 6.45) is 0.783. The lowest BCUT2D eigenvalue weighted by atomic mass is 9.96. The van der Waals surface area contributed by atoms with Crippen LogP contribution in [0.1, 0.15) is 32.8 Å². The van der Waals surface area contributed by atoms with Gasteiger partial charge in [-0.2, -0.15) is 0 Å². The smallest absolute Gasteiger partial charge is 0.411 e. The maximum absolute atomic E-state index is 12.5. The Hall–Kier alpha value is -2.44. The molecule has 3 rings (SSSR count). The quantitative estimate of drug-likeness (QED) is 0.769. The largest absolute Gasteiger partial charge is 0.467 e. The zero-order chi connectivity index (χ0) is 18.9. The maximum atomic E-state index is 12.5. The summed E-state index contributed by atoms with van der Waals surface area (Å²) in [6, 6.07) is 5.20. The highest BCUT2D eigenvalue weighted by molar-refractivity contribution is 5.82. The SMILES string of the molecule is COC(=O)[C@@H]1C[C@@H](Cc2ccc3c(c2)OCO3)CN1C(=O)OC(C)(C)C. The molecule has 0 unspecified atom stereocenters. The van der Waals surface area contributed by atoms with Gasteiger partial charge in [0.15, 0.2) is 11.5 Å². The molecule has 2 aliphatic heterocycles. The summed E-state index contributed by atoms with van der Waals surface area (Å²) in [4.78, 5) is 26.1. The van der Waals surface area contributed by atoms with Gasteiger partial charge in [-0.1, -0.05) is 6.07 Å². The van der Waals surface area contributed by atoms with Crippen LogP contribution in [-0.4, -0.2) is 49.1 Å². The van der Waals surface area contributed by atoms with Gasteiger partial charge >= 0.3 is 12.1 Å². The predicted molar refractivity (Wildman–Crippen MR) is 93.1 cm³/mol. The molecule has 7 heteroatoms. The van der Waals surface area contributed by atoms with Gasteiger partial charge in [-0.3, -0.25) is 4.90 Å². The number of benzene rings is 1. The van der Waals surface area contributed by atoms with Crippen molar-refractivity contribution in [3.05, 3.63) is 23.8 Å². The molecular weight excluding hydrogens is 338 g/mol. The van der Waals surface area contributed by atoms with E-state index in [-0.39, 0.29) is 12.7 Å². The van der Waals surface area contributed by atoms with E-state index in [0.717, 1.165) is 23.5 Å². The number of carbonyl (C=O) groups excluding carboxylic acids is 2. The number of esters is 1. The topological polar surface area (TPSA) is 74.3 Å². The van der Waals surface area contributed by atoms with Crippen LogP contribution >= 0.6 is 0 Å². The molecule has 2 aliphatic rings. The van der Waals surface area contributed by atoms with E-state index in [1.54, 1.807) is 20.8 Å². The van der Waals surface area contributed by atoms with Crippen LogP contribution in [-0.2, 0) is 20.7 Å². The molecule has 26 heavy (non-hydrogen) atoms. The number of hydrogen-bond acceptors (Lipinski definition) is 6. The minimum Gasteiger partial charge on any atom is -0.467 e. The van der Waals surface area contributed by atoms with E-state index in [1.807, 2.05) is 18.2 Å². The van der Waals surface area contributed by atoms with Gasteiger partial charge in [0.1, 0.15) is 11.6 Å². The van der Waals surface area contributed by atoms with Crippen LogP contribution in [0.25, 0.3) is 0 Å². The lowest BCUT2D eigenvalue weighted by Crippen LogP contribution is -2.43. The zero-order valence-corrected chi connectivity index (χ0v) is 15.6. The molecule has 0 N–H and O–H groups in total. The van der Waals surface area contributed by atoms with Crippen molar-refractivity contribution < 1.29 is 28.5 Å². The third kappa shape index (κ3) is 4.03. The van der Waals surface area contributed by atoms with Crippen molar-refractivity contribution in [1.82, 2.24) is 4.90 Å². The van der Waals surface area contributed by atoms with Crippen molar-refractivity contribution in [3.63, 3.8) is 0 Å². The molecule has 142 valence electrons. The summed E-state index contributed by atoms with van der Waals surface area (Å²) in [5.41, 5.74) is 0.460. The van der Waals surface area contributed by atoms with Gasteiger partial charge < -0.3 is 18.9 Å².